The normalized spacial score (nSPS) is 18.6. The first-order chi connectivity index (χ1) is 11.0. The molecule has 23 heavy (non-hydrogen) atoms. The Balaban J connectivity index is 2.68. The molecule has 1 aliphatic rings. The van der Waals surface area contributed by atoms with Crippen LogP contribution in [-0.2, 0) is 4.79 Å². The molecule has 1 saturated heterocycles. The number of hydrogen-bond donors (Lipinski definition) is 1. The van der Waals surface area contributed by atoms with Crippen LogP contribution in [0.2, 0.25) is 0 Å². The van der Waals surface area contributed by atoms with Gasteiger partial charge in [0.25, 0.3) is 0 Å². The number of likely N-dealkylation sites (tertiary alicyclic amines) is 1. The summed E-state index contributed by atoms with van der Waals surface area (Å²) in [5.41, 5.74) is 0. The number of amides is 1. The number of rotatable bonds is 8. The van der Waals surface area contributed by atoms with Crippen LogP contribution in [0.15, 0.2) is 4.99 Å². The number of hydrogen-bond acceptors (Lipinski definition) is 3. The Kier molecular flexibility index (Phi) is 8.99. The summed E-state index contributed by atoms with van der Waals surface area (Å²) in [5, 5.41) is 3.44. The second kappa shape index (κ2) is 10.5. The minimum absolute atomic E-state index is 0.0410. The van der Waals surface area contributed by atoms with Crippen LogP contribution in [-0.4, -0.2) is 86.0 Å². The lowest BCUT2D eigenvalue weighted by Crippen LogP contribution is -2.44. The molecule has 1 rings (SSSR count). The van der Waals surface area contributed by atoms with Crippen LogP contribution in [0.25, 0.3) is 0 Å². The zero-order valence-corrected chi connectivity index (χ0v) is 15.6. The van der Waals surface area contributed by atoms with Crippen LogP contribution in [0, 0.1) is 0 Å². The van der Waals surface area contributed by atoms with Gasteiger partial charge in [-0.05, 0) is 25.9 Å². The molecule has 6 heteroatoms. The van der Waals surface area contributed by atoms with E-state index in [9.17, 15) is 4.79 Å². The van der Waals surface area contributed by atoms with Crippen molar-refractivity contribution in [1.82, 2.24) is 20.0 Å². The second-order valence-corrected chi connectivity index (χ2v) is 6.32. The van der Waals surface area contributed by atoms with Gasteiger partial charge in [0, 0.05) is 39.8 Å². The van der Waals surface area contributed by atoms with Crippen molar-refractivity contribution in [2.45, 2.75) is 46.1 Å². The third-order valence-electron chi connectivity index (χ3n) is 4.47. The molecule has 1 fully saturated rings. The molecule has 0 aromatic carbocycles. The summed E-state index contributed by atoms with van der Waals surface area (Å²) >= 11 is 0. The average molecular weight is 326 g/mol. The Morgan fingerprint density at radius 3 is 2.52 bits per heavy atom. The Morgan fingerprint density at radius 2 is 1.96 bits per heavy atom. The highest BCUT2D eigenvalue weighted by Crippen LogP contribution is 2.15. The van der Waals surface area contributed by atoms with Gasteiger partial charge in [0.05, 0.1) is 0 Å². The number of nitrogens with one attached hydrogen (secondary N) is 1. The van der Waals surface area contributed by atoms with Gasteiger partial charge in [-0.3, -0.25) is 9.69 Å². The number of unbranched alkanes of at least 4 members (excludes halogenated alkanes) is 1. The molecule has 1 heterocycles. The SMILES string of the molecule is CCCCNC(=NCC(=O)N(C)C)N1CCC(N(CC)CC)C1. The lowest BCUT2D eigenvalue weighted by molar-refractivity contribution is -0.127. The van der Waals surface area contributed by atoms with E-state index < -0.39 is 0 Å². The number of aliphatic imine (C=N–C) groups is 1. The van der Waals surface area contributed by atoms with Crippen LogP contribution < -0.4 is 5.32 Å². The van der Waals surface area contributed by atoms with Crippen LogP contribution in [0.5, 0.6) is 0 Å². The van der Waals surface area contributed by atoms with Gasteiger partial charge in [0.2, 0.25) is 5.91 Å². The van der Waals surface area contributed by atoms with Crippen molar-refractivity contribution < 1.29 is 4.79 Å². The molecule has 0 saturated carbocycles. The molecule has 0 aromatic rings. The summed E-state index contributed by atoms with van der Waals surface area (Å²) in [7, 11) is 3.54. The minimum atomic E-state index is 0.0410. The molecule has 1 N–H and O–H groups in total. The molecule has 0 aromatic heterocycles. The standard InChI is InChI=1S/C17H35N5O/c1-6-9-11-18-17(19-13-16(23)20(4)5)22-12-10-15(14-22)21(7-2)8-3/h15H,6-14H2,1-5H3,(H,18,19). The second-order valence-electron chi connectivity index (χ2n) is 6.32. The molecule has 1 aliphatic heterocycles. The Bertz CT molecular complexity index is 379. The van der Waals surface area contributed by atoms with Crippen molar-refractivity contribution in [3.8, 4) is 0 Å². The van der Waals surface area contributed by atoms with Crippen molar-refractivity contribution in [2.75, 3.05) is 53.4 Å². The molecular weight excluding hydrogens is 290 g/mol. The van der Waals surface area contributed by atoms with Gasteiger partial charge in [0.1, 0.15) is 6.54 Å². The van der Waals surface area contributed by atoms with E-state index in [0.717, 1.165) is 57.9 Å². The van der Waals surface area contributed by atoms with Crippen molar-refractivity contribution in [3.05, 3.63) is 0 Å². The van der Waals surface area contributed by atoms with E-state index in [0.29, 0.717) is 6.04 Å². The Labute approximate surface area is 141 Å². The smallest absolute Gasteiger partial charge is 0.243 e. The Hall–Kier alpha value is -1.30. The molecule has 0 spiro atoms. The summed E-state index contributed by atoms with van der Waals surface area (Å²) in [6.45, 7) is 11.9. The summed E-state index contributed by atoms with van der Waals surface area (Å²) in [5.74, 6) is 0.933. The van der Waals surface area contributed by atoms with Gasteiger partial charge < -0.3 is 15.1 Å². The minimum Gasteiger partial charge on any atom is -0.356 e. The monoisotopic (exact) mass is 325 g/mol. The first-order valence-corrected chi connectivity index (χ1v) is 9.00. The number of nitrogens with zero attached hydrogens (tertiary/aromatic N) is 4. The summed E-state index contributed by atoms with van der Waals surface area (Å²) in [4.78, 5) is 22.8. The van der Waals surface area contributed by atoms with Crippen LogP contribution in [0.3, 0.4) is 0 Å². The summed E-state index contributed by atoms with van der Waals surface area (Å²) in [6.07, 6.45) is 3.44. The third kappa shape index (κ3) is 6.37. The van der Waals surface area contributed by atoms with E-state index in [4.69, 9.17) is 0 Å². The number of carbonyl (C=O) groups excluding carboxylic acids is 1. The maximum atomic E-state index is 11.8. The lowest BCUT2D eigenvalue weighted by atomic mass is 10.2. The van der Waals surface area contributed by atoms with Crippen molar-refractivity contribution in [1.29, 1.82) is 0 Å². The fourth-order valence-corrected chi connectivity index (χ4v) is 2.90. The fourth-order valence-electron chi connectivity index (χ4n) is 2.90. The topological polar surface area (TPSA) is 51.2 Å². The zero-order chi connectivity index (χ0) is 17.2. The Morgan fingerprint density at radius 1 is 1.26 bits per heavy atom. The van der Waals surface area contributed by atoms with Crippen molar-refractivity contribution in [2.24, 2.45) is 4.99 Å². The first-order valence-electron chi connectivity index (χ1n) is 9.00. The first kappa shape index (κ1) is 19.7. The maximum absolute atomic E-state index is 11.8. The third-order valence-corrected chi connectivity index (χ3v) is 4.47. The van der Waals surface area contributed by atoms with E-state index in [1.165, 1.54) is 0 Å². The predicted octanol–water partition coefficient (Wildman–Crippen LogP) is 1.24. The van der Waals surface area contributed by atoms with E-state index in [1.54, 1.807) is 19.0 Å². The van der Waals surface area contributed by atoms with Gasteiger partial charge in [-0.1, -0.05) is 27.2 Å². The average Bonchev–Trinajstić information content (AvgIpc) is 3.01. The molecule has 6 nitrogen and oxygen atoms in total. The molecule has 0 bridgehead atoms. The molecule has 1 unspecified atom stereocenters. The van der Waals surface area contributed by atoms with E-state index in [2.05, 4.69) is 40.9 Å². The van der Waals surface area contributed by atoms with E-state index in [1.807, 2.05) is 0 Å². The molecule has 0 radical (unpaired) electrons. The highest BCUT2D eigenvalue weighted by molar-refractivity contribution is 5.85. The van der Waals surface area contributed by atoms with Crippen molar-refractivity contribution >= 4 is 11.9 Å². The molecule has 134 valence electrons. The zero-order valence-electron chi connectivity index (χ0n) is 15.6. The molecule has 0 aliphatic carbocycles. The van der Waals surface area contributed by atoms with Gasteiger partial charge in [0.15, 0.2) is 5.96 Å². The van der Waals surface area contributed by atoms with Crippen LogP contribution >= 0.6 is 0 Å². The number of carbonyl (C=O) groups is 1. The highest BCUT2D eigenvalue weighted by Gasteiger charge is 2.28. The largest absolute Gasteiger partial charge is 0.356 e. The fraction of sp³-hybridized carbons (Fsp3) is 0.882. The quantitative estimate of drug-likeness (QED) is 0.414. The van der Waals surface area contributed by atoms with Crippen LogP contribution in [0.4, 0.5) is 0 Å². The van der Waals surface area contributed by atoms with Gasteiger partial charge in [-0.15, -0.1) is 0 Å². The van der Waals surface area contributed by atoms with E-state index >= 15 is 0 Å². The lowest BCUT2D eigenvalue weighted by Gasteiger charge is -2.27. The number of guanidine groups is 1. The van der Waals surface area contributed by atoms with Gasteiger partial charge in [-0.25, -0.2) is 4.99 Å². The predicted molar refractivity (Wildman–Crippen MR) is 96.8 cm³/mol. The van der Waals surface area contributed by atoms with Gasteiger partial charge >= 0.3 is 0 Å². The maximum Gasteiger partial charge on any atom is 0.243 e. The van der Waals surface area contributed by atoms with Crippen LogP contribution in [0.1, 0.15) is 40.0 Å². The van der Waals surface area contributed by atoms with Gasteiger partial charge in [-0.2, -0.15) is 0 Å². The van der Waals surface area contributed by atoms with E-state index in [-0.39, 0.29) is 12.5 Å². The molecule has 1 amide bonds. The highest BCUT2D eigenvalue weighted by atomic mass is 16.2. The van der Waals surface area contributed by atoms with Crippen molar-refractivity contribution in [3.63, 3.8) is 0 Å². The summed E-state index contributed by atoms with van der Waals surface area (Å²) in [6, 6.07) is 0.590. The molecular formula is C17H35N5O. The number of likely N-dealkylation sites (N-methyl/N-ethyl adjacent to an activating group) is 2. The molecule has 1 atom stereocenters. The summed E-state index contributed by atoms with van der Waals surface area (Å²) < 4.78 is 0.